The second-order valence-corrected chi connectivity index (χ2v) is 8.42. The van der Waals surface area contributed by atoms with Gasteiger partial charge in [-0.15, -0.1) is 0 Å². The van der Waals surface area contributed by atoms with Gasteiger partial charge in [0.2, 0.25) is 11.8 Å². The van der Waals surface area contributed by atoms with Gasteiger partial charge in [0.1, 0.15) is 6.04 Å². The van der Waals surface area contributed by atoms with Gasteiger partial charge in [0.15, 0.2) is 0 Å². The van der Waals surface area contributed by atoms with Crippen molar-refractivity contribution in [2.24, 2.45) is 11.8 Å². The van der Waals surface area contributed by atoms with E-state index < -0.39 is 17.9 Å². The highest BCUT2D eigenvalue weighted by atomic mass is 16.2. The quantitative estimate of drug-likeness (QED) is 0.668. The molecule has 0 radical (unpaired) electrons. The van der Waals surface area contributed by atoms with Gasteiger partial charge in [-0.2, -0.15) is 0 Å². The summed E-state index contributed by atoms with van der Waals surface area (Å²) >= 11 is 0. The van der Waals surface area contributed by atoms with Crippen LogP contribution in [-0.2, 0) is 9.59 Å². The molecule has 0 saturated carbocycles. The zero-order chi connectivity index (χ0) is 22.7. The normalized spacial score (nSPS) is 14.1. The van der Waals surface area contributed by atoms with E-state index in [9.17, 15) is 19.2 Å². The number of nitrogens with zero attached hydrogens (tertiary/aromatic N) is 1. The van der Waals surface area contributed by atoms with Crippen molar-refractivity contribution in [3.05, 3.63) is 59.7 Å². The summed E-state index contributed by atoms with van der Waals surface area (Å²) in [5, 5.41) is 5.59. The summed E-state index contributed by atoms with van der Waals surface area (Å²) in [7, 11) is 0. The third-order valence-electron chi connectivity index (χ3n) is 5.03. The number of anilines is 2. The summed E-state index contributed by atoms with van der Waals surface area (Å²) < 4.78 is 0. The van der Waals surface area contributed by atoms with E-state index in [1.807, 2.05) is 27.7 Å². The summed E-state index contributed by atoms with van der Waals surface area (Å²) in [6.07, 6.45) is 0.339. The molecule has 2 N–H and O–H groups in total. The topological polar surface area (TPSA) is 95.6 Å². The number of carbonyl (C=O) groups is 4. The number of fused-ring (bicyclic) bond motifs is 1. The third-order valence-corrected chi connectivity index (χ3v) is 5.03. The van der Waals surface area contributed by atoms with Crippen molar-refractivity contribution >= 4 is 35.0 Å². The number of carbonyl (C=O) groups excluding carboxylic acids is 4. The Bertz CT molecular complexity index is 994. The predicted octanol–water partition coefficient (Wildman–Crippen LogP) is 3.61. The fourth-order valence-electron chi connectivity index (χ4n) is 3.50. The first kappa shape index (κ1) is 22.2. The van der Waals surface area contributed by atoms with Crippen molar-refractivity contribution < 1.29 is 19.2 Å². The summed E-state index contributed by atoms with van der Waals surface area (Å²) in [4.78, 5) is 51.5. The van der Waals surface area contributed by atoms with Gasteiger partial charge in [0.05, 0.1) is 16.8 Å². The van der Waals surface area contributed by atoms with E-state index in [1.165, 1.54) is 0 Å². The van der Waals surface area contributed by atoms with Crippen molar-refractivity contribution in [2.75, 3.05) is 10.2 Å². The molecule has 1 unspecified atom stereocenters. The fraction of sp³-hybridized carbons (Fsp3) is 0.333. The molecule has 2 aromatic rings. The molecular weight excluding hydrogens is 394 g/mol. The van der Waals surface area contributed by atoms with Crippen LogP contribution < -0.4 is 15.5 Å². The first-order chi connectivity index (χ1) is 14.7. The molecule has 7 nitrogen and oxygen atoms in total. The minimum Gasteiger partial charge on any atom is -0.344 e. The molecule has 7 heteroatoms. The zero-order valence-electron chi connectivity index (χ0n) is 18.1. The summed E-state index contributed by atoms with van der Waals surface area (Å²) in [5.41, 5.74) is 1.51. The summed E-state index contributed by atoms with van der Waals surface area (Å²) in [5.74, 6) is -1.26. The number of hydrogen-bond acceptors (Lipinski definition) is 4. The second kappa shape index (κ2) is 9.12. The number of benzene rings is 2. The van der Waals surface area contributed by atoms with Crippen LogP contribution in [0.2, 0.25) is 0 Å². The Morgan fingerprint density at radius 3 is 2.06 bits per heavy atom. The molecular formula is C24H27N3O4. The van der Waals surface area contributed by atoms with Gasteiger partial charge in [-0.1, -0.05) is 45.9 Å². The lowest BCUT2D eigenvalue weighted by molar-refractivity contribution is -0.127. The molecule has 3 rings (SSSR count). The first-order valence-electron chi connectivity index (χ1n) is 10.4. The molecule has 1 heterocycles. The number of hydrogen-bond donors (Lipinski definition) is 2. The van der Waals surface area contributed by atoms with Gasteiger partial charge >= 0.3 is 0 Å². The van der Waals surface area contributed by atoms with Gasteiger partial charge in [-0.05, 0) is 42.2 Å². The van der Waals surface area contributed by atoms with Crippen LogP contribution in [0.25, 0.3) is 0 Å². The van der Waals surface area contributed by atoms with Crippen molar-refractivity contribution in [3.8, 4) is 0 Å². The number of rotatable bonds is 7. The summed E-state index contributed by atoms with van der Waals surface area (Å²) in [6, 6.07) is 12.5. The molecule has 1 aliphatic rings. The molecule has 162 valence electrons. The average molecular weight is 421 g/mol. The number of amides is 4. The minimum atomic E-state index is -0.700. The maximum Gasteiger partial charge on any atom is 0.266 e. The highest BCUT2D eigenvalue weighted by Gasteiger charge is 2.36. The number of imide groups is 1. The Morgan fingerprint density at radius 1 is 0.903 bits per heavy atom. The van der Waals surface area contributed by atoms with E-state index in [0.29, 0.717) is 28.9 Å². The molecule has 0 saturated heterocycles. The van der Waals surface area contributed by atoms with Gasteiger partial charge in [-0.3, -0.25) is 19.2 Å². The second-order valence-electron chi connectivity index (χ2n) is 8.42. The Morgan fingerprint density at radius 2 is 1.52 bits per heavy atom. The van der Waals surface area contributed by atoms with E-state index >= 15 is 0 Å². The zero-order valence-corrected chi connectivity index (χ0v) is 18.1. The van der Waals surface area contributed by atoms with Crippen LogP contribution in [0, 0.1) is 11.8 Å². The highest BCUT2D eigenvalue weighted by molar-refractivity contribution is 6.34. The van der Waals surface area contributed by atoms with Crippen LogP contribution in [0.3, 0.4) is 0 Å². The van der Waals surface area contributed by atoms with E-state index in [-0.39, 0.29) is 23.7 Å². The average Bonchev–Trinajstić information content (AvgIpc) is 2.96. The molecule has 0 spiro atoms. The van der Waals surface area contributed by atoms with Gasteiger partial charge in [0.25, 0.3) is 11.8 Å². The smallest absolute Gasteiger partial charge is 0.266 e. The SMILES string of the molecule is CC(C)CC(=O)NC(C(=O)Nc1cccc(N2C(=O)c3ccccc3C2=O)c1)C(C)C. The molecule has 2 aromatic carbocycles. The molecule has 0 fully saturated rings. The molecule has 0 aliphatic carbocycles. The maximum atomic E-state index is 12.8. The van der Waals surface area contributed by atoms with Gasteiger partial charge in [0, 0.05) is 12.1 Å². The van der Waals surface area contributed by atoms with E-state index in [2.05, 4.69) is 10.6 Å². The van der Waals surface area contributed by atoms with E-state index in [1.54, 1.807) is 48.5 Å². The van der Waals surface area contributed by atoms with Crippen molar-refractivity contribution in [3.63, 3.8) is 0 Å². The lowest BCUT2D eigenvalue weighted by atomic mass is 10.0. The van der Waals surface area contributed by atoms with Crippen LogP contribution in [-0.4, -0.2) is 29.7 Å². The van der Waals surface area contributed by atoms with E-state index in [4.69, 9.17) is 0 Å². The van der Waals surface area contributed by atoms with E-state index in [0.717, 1.165) is 4.90 Å². The van der Waals surface area contributed by atoms with Crippen LogP contribution >= 0.6 is 0 Å². The van der Waals surface area contributed by atoms with Crippen LogP contribution in [0.5, 0.6) is 0 Å². The predicted molar refractivity (Wildman–Crippen MR) is 119 cm³/mol. The number of nitrogens with one attached hydrogen (secondary N) is 2. The van der Waals surface area contributed by atoms with Gasteiger partial charge < -0.3 is 10.6 Å². The molecule has 1 aliphatic heterocycles. The Balaban J connectivity index is 1.77. The minimum absolute atomic E-state index is 0.115. The molecule has 0 bridgehead atoms. The molecule has 31 heavy (non-hydrogen) atoms. The Kier molecular flexibility index (Phi) is 6.53. The standard InChI is InChI=1S/C24H27N3O4/c1-14(2)12-20(28)26-21(15(3)4)22(29)25-16-8-7-9-17(13-16)27-23(30)18-10-5-6-11-19(18)24(27)31/h5-11,13-15,21H,12H2,1-4H3,(H,25,29)(H,26,28). The Labute approximate surface area is 181 Å². The fourth-order valence-corrected chi connectivity index (χ4v) is 3.50. The van der Waals surface area contributed by atoms with Crippen molar-refractivity contribution in [1.29, 1.82) is 0 Å². The molecule has 1 atom stereocenters. The lowest BCUT2D eigenvalue weighted by Crippen LogP contribution is -2.47. The van der Waals surface area contributed by atoms with Crippen LogP contribution in [0.15, 0.2) is 48.5 Å². The summed E-state index contributed by atoms with van der Waals surface area (Å²) in [6.45, 7) is 7.59. The molecule has 4 amide bonds. The van der Waals surface area contributed by atoms with Crippen LogP contribution in [0.1, 0.15) is 54.8 Å². The van der Waals surface area contributed by atoms with Crippen molar-refractivity contribution in [2.45, 2.75) is 40.2 Å². The van der Waals surface area contributed by atoms with Crippen LogP contribution in [0.4, 0.5) is 11.4 Å². The van der Waals surface area contributed by atoms with Crippen molar-refractivity contribution in [1.82, 2.24) is 5.32 Å². The first-order valence-corrected chi connectivity index (χ1v) is 10.4. The Hall–Kier alpha value is -3.48. The van der Waals surface area contributed by atoms with Gasteiger partial charge in [-0.25, -0.2) is 4.90 Å². The largest absolute Gasteiger partial charge is 0.344 e. The molecule has 0 aromatic heterocycles. The third kappa shape index (κ3) is 4.82. The lowest BCUT2D eigenvalue weighted by Gasteiger charge is -2.22. The maximum absolute atomic E-state index is 12.8. The monoisotopic (exact) mass is 421 g/mol. The highest BCUT2D eigenvalue weighted by Crippen LogP contribution is 2.29.